The average molecular weight is 404 g/mol. The highest BCUT2D eigenvalue weighted by molar-refractivity contribution is 14.1. The number of hydrogen-bond donors (Lipinski definition) is 1. The Kier molecular flexibility index (Phi) is 3.84. The normalized spacial score (nSPS) is 14.1. The summed E-state index contributed by atoms with van der Waals surface area (Å²) in [5.74, 6) is -0.572. The highest BCUT2D eigenvalue weighted by Gasteiger charge is 2.35. The summed E-state index contributed by atoms with van der Waals surface area (Å²) in [6.45, 7) is 0. The van der Waals surface area contributed by atoms with Crippen molar-refractivity contribution >= 4 is 45.9 Å². The second-order valence-electron chi connectivity index (χ2n) is 4.48. The van der Waals surface area contributed by atoms with Gasteiger partial charge in [0.1, 0.15) is 0 Å². The van der Waals surface area contributed by atoms with Crippen molar-refractivity contribution in [3.05, 3.63) is 69.0 Å². The predicted molar refractivity (Wildman–Crippen MR) is 89.7 cm³/mol. The van der Waals surface area contributed by atoms with Crippen LogP contribution in [0.4, 0.5) is 0 Å². The molecule has 0 spiro atoms. The van der Waals surface area contributed by atoms with Crippen molar-refractivity contribution in [2.45, 2.75) is 0 Å². The van der Waals surface area contributed by atoms with Crippen LogP contribution in [0.1, 0.15) is 38.1 Å². The van der Waals surface area contributed by atoms with Crippen LogP contribution in [0, 0.1) is 5.41 Å². The molecule has 0 bridgehead atoms. The highest BCUT2D eigenvalue weighted by Crippen LogP contribution is 2.29. The van der Waals surface area contributed by atoms with Gasteiger partial charge in [0.25, 0.3) is 0 Å². The van der Waals surface area contributed by atoms with Gasteiger partial charge < -0.3 is 9.83 Å². The lowest BCUT2D eigenvalue weighted by molar-refractivity contribution is 0.0958. The second kappa shape index (κ2) is 5.80. The maximum Gasteiger partial charge on any atom is 0.231 e. The molecule has 0 saturated heterocycles. The molecular formula is C16H9IN2O3. The molecule has 1 aromatic carbocycles. The van der Waals surface area contributed by atoms with Gasteiger partial charge in [0.05, 0.1) is 0 Å². The first-order valence-corrected chi connectivity index (χ1v) is 7.59. The topological polar surface area (TPSA) is 84.0 Å². The quantitative estimate of drug-likeness (QED) is 0.412. The lowest BCUT2D eigenvalue weighted by Crippen LogP contribution is -2.19. The van der Waals surface area contributed by atoms with Crippen molar-refractivity contribution in [3.8, 4) is 0 Å². The third kappa shape index (κ3) is 2.25. The molecule has 0 fully saturated rings. The van der Waals surface area contributed by atoms with E-state index in [4.69, 9.17) is 9.83 Å². The molecule has 1 heterocycles. The summed E-state index contributed by atoms with van der Waals surface area (Å²) in [5.41, 5.74) is 1.20. The van der Waals surface area contributed by atoms with Crippen LogP contribution >= 0.6 is 22.6 Å². The maximum atomic E-state index is 12.4. The summed E-state index contributed by atoms with van der Waals surface area (Å²) < 4.78 is 7.24. The van der Waals surface area contributed by atoms with E-state index >= 15 is 0 Å². The lowest BCUT2D eigenvalue weighted by Gasteiger charge is -2.10. The molecule has 108 valence electrons. The summed E-state index contributed by atoms with van der Waals surface area (Å²) in [6, 6.07) is 6.60. The number of benzene rings is 1. The van der Waals surface area contributed by atoms with Gasteiger partial charge in [-0.1, -0.05) is 46.9 Å². The molecule has 6 heteroatoms. The van der Waals surface area contributed by atoms with Gasteiger partial charge in [0.15, 0.2) is 5.69 Å². The molecule has 1 N–H and O–H groups in total. The van der Waals surface area contributed by atoms with Gasteiger partial charge in [-0.15, -0.1) is 0 Å². The molecule has 0 radical (unpaired) electrons. The van der Waals surface area contributed by atoms with Crippen LogP contribution < -0.4 is 0 Å². The smallest absolute Gasteiger partial charge is 0.231 e. The molecule has 2 aromatic rings. The minimum Gasteiger partial charge on any atom is -0.432 e. The SMILES string of the molecule is N=C/C=C(\C=C/I)c1nc2c(o1)C(=O)c1ccccc1C2=O. The van der Waals surface area contributed by atoms with Crippen LogP contribution in [0.2, 0.25) is 0 Å². The van der Waals surface area contributed by atoms with Gasteiger partial charge >= 0.3 is 0 Å². The van der Waals surface area contributed by atoms with Crippen LogP contribution in [0.15, 0.2) is 44.9 Å². The molecule has 1 aliphatic rings. The van der Waals surface area contributed by atoms with Crippen molar-refractivity contribution in [1.82, 2.24) is 4.98 Å². The van der Waals surface area contributed by atoms with Crippen molar-refractivity contribution in [1.29, 1.82) is 5.41 Å². The van der Waals surface area contributed by atoms with Gasteiger partial charge in [-0.05, 0) is 16.2 Å². The number of ketones is 2. The van der Waals surface area contributed by atoms with Gasteiger partial charge in [-0.3, -0.25) is 9.59 Å². The first-order chi connectivity index (χ1) is 10.7. The van der Waals surface area contributed by atoms with Crippen molar-refractivity contribution < 1.29 is 14.0 Å². The lowest BCUT2D eigenvalue weighted by atomic mass is 9.91. The number of oxazole rings is 1. The molecule has 0 unspecified atom stereocenters. The molecular weight excluding hydrogens is 395 g/mol. The minimum absolute atomic E-state index is 0.0245. The average Bonchev–Trinajstić information content (AvgIpc) is 2.98. The first kappa shape index (κ1) is 14.6. The van der Waals surface area contributed by atoms with E-state index in [1.165, 1.54) is 6.08 Å². The third-order valence-corrected chi connectivity index (χ3v) is 3.58. The summed E-state index contributed by atoms with van der Waals surface area (Å²) in [5, 5.41) is 7.17. The van der Waals surface area contributed by atoms with Gasteiger partial charge in [-0.25, -0.2) is 4.98 Å². The molecule has 0 atom stereocenters. The second-order valence-corrected chi connectivity index (χ2v) is 5.20. The number of hydrogen-bond acceptors (Lipinski definition) is 5. The Balaban J connectivity index is 2.17. The Morgan fingerprint density at radius 2 is 1.86 bits per heavy atom. The van der Waals surface area contributed by atoms with E-state index < -0.39 is 0 Å². The third-order valence-electron chi connectivity index (χ3n) is 3.22. The number of halogens is 1. The van der Waals surface area contributed by atoms with Crippen LogP contribution in [0.5, 0.6) is 0 Å². The monoisotopic (exact) mass is 404 g/mol. The van der Waals surface area contributed by atoms with Crippen molar-refractivity contribution in [3.63, 3.8) is 0 Å². The fraction of sp³-hybridized carbons (Fsp3) is 0. The molecule has 0 aliphatic heterocycles. The highest BCUT2D eigenvalue weighted by atomic mass is 127. The molecule has 0 saturated carbocycles. The number of nitrogens with one attached hydrogen (secondary N) is 1. The number of carbonyl (C=O) groups excluding carboxylic acids is 2. The summed E-state index contributed by atoms with van der Waals surface area (Å²) in [4.78, 5) is 29.0. The standard InChI is InChI=1S/C16H9IN2O3/c17-7-5-9(6-8-18)16-19-12-13(20)10-3-1-2-4-11(10)14(21)15(12)22-16/h1-8,18H/b7-5-,9-6+,18-8?. The van der Waals surface area contributed by atoms with E-state index in [-0.39, 0.29) is 28.9 Å². The Morgan fingerprint density at radius 3 is 2.50 bits per heavy atom. The van der Waals surface area contributed by atoms with Crippen LogP contribution in [-0.2, 0) is 0 Å². The van der Waals surface area contributed by atoms with E-state index in [1.54, 1.807) is 34.4 Å². The Hall–Kier alpha value is -2.35. The Labute approximate surface area is 139 Å². The van der Waals surface area contributed by atoms with Crippen LogP contribution in [-0.4, -0.2) is 22.8 Å². The summed E-state index contributed by atoms with van der Waals surface area (Å²) in [6.07, 6.45) is 4.26. The van der Waals surface area contributed by atoms with E-state index in [2.05, 4.69) is 4.98 Å². The number of rotatable bonds is 3. The van der Waals surface area contributed by atoms with Crippen molar-refractivity contribution in [2.24, 2.45) is 0 Å². The Bertz CT molecular complexity index is 810. The zero-order valence-corrected chi connectivity index (χ0v) is 13.3. The molecule has 22 heavy (non-hydrogen) atoms. The number of carbonyl (C=O) groups is 2. The predicted octanol–water partition coefficient (Wildman–Crippen LogP) is 3.43. The van der Waals surface area contributed by atoms with E-state index in [1.807, 2.05) is 22.6 Å². The van der Waals surface area contributed by atoms with Gasteiger partial charge in [-0.2, -0.15) is 0 Å². The fourth-order valence-corrected chi connectivity index (χ4v) is 2.62. The van der Waals surface area contributed by atoms with Gasteiger partial charge in [0.2, 0.25) is 23.2 Å². The zero-order valence-electron chi connectivity index (χ0n) is 11.2. The zero-order chi connectivity index (χ0) is 15.7. The number of aromatic nitrogens is 1. The number of nitrogens with zero attached hydrogens (tertiary/aromatic N) is 1. The van der Waals surface area contributed by atoms with Crippen LogP contribution in [0.3, 0.4) is 0 Å². The summed E-state index contributed by atoms with van der Waals surface area (Å²) >= 11 is 2.02. The number of fused-ring (bicyclic) bond motifs is 2. The van der Waals surface area contributed by atoms with Crippen molar-refractivity contribution in [2.75, 3.05) is 0 Å². The number of allylic oxidation sites excluding steroid dienone is 3. The first-order valence-electron chi connectivity index (χ1n) is 6.34. The van der Waals surface area contributed by atoms with E-state index in [0.29, 0.717) is 16.7 Å². The molecule has 3 rings (SSSR count). The minimum atomic E-state index is -0.350. The van der Waals surface area contributed by atoms with Crippen LogP contribution in [0.25, 0.3) is 5.57 Å². The molecule has 1 aliphatic carbocycles. The van der Waals surface area contributed by atoms with E-state index in [0.717, 1.165) is 6.21 Å². The van der Waals surface area contributed by atoms with Gasteiger partial charge in [0, 0.05) is 22.9 Å². The molecule has 0 amide bonds. The fourth-order valence-electron chi connectivity index (χ4n) is 2.24. The summed E-state index contributed by atoms with van der Waals surface area (Å²) in [7, 11) is 0. The largest absolute Gasteiger partial charge is 0.432 e. The molecule has 1 aromatic heterocycles. The van der Waals surface area contributed by atoms with E-state index in [9.17, 15) is 9.59 Å². The Morgan fingerprint density at radius 1 is 1.18 bits per heavy atom. The maximum absolute atomic E-state index is 12.4. The molecule has 5 nitrogen and oxygen atoms in total.